The number of benzene rings is 3. The molecule has 3 aromatic rings. The van der Waals surface area contributed by atoms with Crippen LogP contribution in [0, 0.1) is 13.8 Å². The predicted octanol–water partition coefficient (Wildman–Crippen LogP) is 4.61. The molecule has 2 amide bonds. The zero-order chi connectivity index (χ0) is 20.0. The summed E-state index contributed by atoms with van der Waals surface area (Å²) in [4.78, 5) is 25.8. The van der Waals surface area contributed by atoms with Gasteiger partial charge in [-0.3, -0.25) is 15.0 Å². The van der Waals surface area contributed by atoms with Gasteiger partial charge in [0.05, 0.1) is 21.8 Å². The smallest absolute Gasteiger partial charge is 0.280 e. The molecule has 0 fully saturated rings. The number of hydrazine groups is 1. The predicted molar refractivity (Wildman–Crippen MR) is 115 cm³/mol. The van der Waals surface area contributed by atoms with Gasteiger partial charge < -0.3 is 5.32 Å². The molecule has 0 aliphatic carbocycles. The summed E-state index contributed by atoms with van der Waals surface area (Å²) in [6.45, 7) is 3.85. The number of anilines is 1. The molecule has 2 N–H and O–H groups in total. The van der Waals surface area contributed by atoms with Crippen LogP contribution < -0.4 is 10.7 Å². The molecule has 28 heavy (non-hydrogen) atoms. The number of hydrogen-bond acceptors (Lipinski definition) is 3. The second-order valence-corrected chi connectivity index (χ2v) is 7.47. The van der Waals surface area contributed by atoms with E-state index in [1.807, 2.05) is 38.1 Å². The number of nitrogens with zero attached hydrogens (tertiary/aromatic N) is 1. The highest BCUT2D eigenvalue weighted by Crippen LogP contribution is 2.30. The number of amides is 2. The van der Waals surface area contributed by atoms with Crippen molar-refractivity contribution in [2.45, 2.75) is 13.8 Å². The minimum Gasteiger partial charge on any atom is -0.330 e. The first-order chi connectivity index (χ1) is 13.4. The Kier molecular flexibility index (Phi) is 4.53. The fraction of sp³-hybridized carbons (Fsp3) is 0.0952. The molecule has 1 aliphatic rings. The van der Waals surface area contributed by atoms with Gasteiger partial charge in [0.15, 0.2) is 5.11 Å². The number of thiocarbonyl (C=S) groups is 1. The maximum atomic E-state index is 12.9. The van der Waals surface area contributed by atoms with Gasteiger partial charge in [-0.25, -0.2) is 0 Å². The first kappa shape index (κ1) is 18.4. The van der Waals surface area contributed by atoms with E-state index in [9.17, 15) is 9.59 Å². The number of nitrogens with one attached hydrogen (secondary N) is 2. The van der Waals surface area contributed by atoms with Gasteiger partial charge in [-0.2, -0.15) is 5.01 Å². The van der Waals surface area contributed by atoms with Crippen molar-refractivity contribution in [2.75, 3.05) is 5.32 Å². The average Bonchev–Trinajstić information content (AvgIpc) is 2.66. The quantitative estimate of drug-likeness (QED) is 0.478. The van der Waals surface area contributed by atoms with Crippen LogP contribution in [0.1, 0.15) is 31.8 Å². The average molecular weight is 410 g/mol. The molecule has 3 aromatic carbocycles. The Morgan fingerprint density at radius 2 is 1.61 bits per heavy atom. The lowest BCUT2D eigenvalue weighted by Crippen LogP contribution is -2.52. The fourth-order valence-electron chi connectivity index (χ4n) is 3.45. The van der Waals surface area contributed by atoms with Crippen LogP contribution in [0.5, 0.6) is 0 Å². The Morgan fingerprint density at radius 1 is 1.00 bits per heavy atom. The van der Waals surface area contributed by atoms with E-state index in [-0.39, 0.29) is 5.11 Å². The lowest BCUT2D eigenvalue weighted by molar-refractivity contribution is 0.0568. The summed E-state index contributed by atoms with van der Waals surface area (Å²) in [7, 11) is 0. The zero-order valence-electron chi connectivity index (χ0n) is 15.2. The van der Waals surface area contributed by atoms with E-state index in [0.29, 0.717) is 27.2 Å². The van der Waals surface area contributed by atoms with Crippen LogP contribution in [0.3, 0.4) is 0 Å². The lowest BCUT2D eigenvalue weighted by atomic mass is 9.95. The molecule has 1 heterocycles. The summed E-state index contributed by atoms with van der Waals surface area (Å²) in [5.41, 5.74) is 6.18. The Labute approximate surface area is 172 Å². The van der Waals surface area contributed by atoms with Crippen molar-refractivity contribution in [2.24, 2.45) is 0 Å². The number of rotatable bonds is 2. The maximum Gasteiger partial charge on any atom is 0.280 e. The molecule has 0 aromatic heterocycles. The summed E-state index contributed by atoms with van der Waals surface area (Å²) in [5.74, 6) is -0.907. The van der Waals surface area contributed by atoms with Crippen molar-refractivity contribution in [1.82, 2.24) is 10.4 Å². The van der Waals surface area contributed by atoms with Gasteiger partial charge in [-0.05, 0) is 60.8 Å². The monoisotopic (exact) mass is 409 g/mol. The van der Waals surface area contributed by atoms with Crippen molar-refractivity contribution >= 4 is 57.2 Å². The molecule has 1 aliphatic heterocycles. The van der Waals surface area contributed by atoms with Gasteiger partial charge in [-0.15, -0.1) is 0 Å². The van der Waals surface area contributed by atoms with E-state index in [1.165, 1.54) is 0 Å². The Morgan fingerprint density at radius 3 is 2.18 bits per heavy atom. The molecule has 140 valence electrons. The number of imide groups is 1. The van der Waals surface area contributed by atoms with Crippen molar-refractivity contribution in [3.8, 4) is 0 Å². The van der Waals surface area contributed by atoms with E-state index in [1.54, 1.807) is 24.3 Å². The van der Waals surface area contributed by atoms with E-state index in [4.69, 9.17) is 23.8 Å². The number of carbonyl (C=O) groups excluding carboxylic acids is 2. The summed E-state index contributed by atoms with van der Waals surface area (Å²) in [6, 6.07) is 14.5. The van der Waals surface area contributed by atoms with Crippen LogP contribution in [0.4, 0.5) is 5.69 Å². The SMILES string of the molecule is Cc1cc(C)c(NC(=S)NN2C(=O)c3cccc4cccc(c34)C2=O)c(Cl)c1. The molecule has 0 radical (unpaired) electrons. The van der Waals surface area contributed by atoms with Crippen LogP contribution in [0.25, 0.3) is 10.8 Å². The Bertz CT molecular complexity index is 1100. The van der Waals surface area contributed by atoms with Gasteiger partial charge in [0.1, 0.15) is 0 Å². The normalized spacial score (nSPS) is 13.0. The summed E-state index contributed by atoms with van der Waals surface area (Å²) in [6.07, 6.45) is 0. The molecule has 7 heteroatoms. The van der Waals surface area contributed by atoms with Crippen molar-refractivity contribution in [1.29, 1.82) is 0 Å². The van der Waals surface area contributed by atoms with Crippen molar-refractivity contribution < 1.29 is 9.59 Å². The first-order valence-corrected chi connectivity index (χ1v) is 9.40. The largest absolute Gasteiger partial charge is 0.330 e. The third-order valence-corrected chi connectivity index (χ3v) is 5.15. The lowest BCUT2D eigenvalue weighted by Gasteiger charge is -2.28. The molecular weight excluding hydrogens is 394 g/mol. The second-order valence-electron chi connectivity index (χ2n) is 6.66. The molecule has 0 atom stereocenters. The van der Waals surface area contributed by atoms with E-state index in [2.05, 4.69) is 10.7 Å². The number of carbonyl (C=O) groups is 2. The summed E-state index contributed by atoms with van der Waals surface area (Å²) in [5, 5.41) is 6.03. The highest BCUT2D eigenvalue weighted by Gasteiger charge is 2.33. The van der Waals surface area contributed by atoms with Crippen LogP contribution in [0.15, 0.2) is 48.5 Å². The van der Waals surface area contributed by atoms with Gasteiger partial charge in [0.2, 0.25) is 0 Å². The standard InChI is InChI=1S/C21H16ClN3O2S/c1-11-9-12(2)18(16(22)10-11)23-21(28)24-25-19(26)14-7-3-5-13-6-4-8-15(17(13)14)20(25)27/h3-10H,1-2H3,(H2,23,24,28). The maximum absolute atomic E-state index is 12.9. The van der Waals surface area contributed by atoms with Crippen LogP contribution in [-0.4, -0.2) is 21.9 Å². The van der Waals surface area contributed by atoms with Crippen LogP contribution >= 0.6 is 23.8 Å². The molecule has 0 saturated heterocycles. The minimum absolute atomic E-state index is 0.0992. The molecular formula is C21H16ClN3O2S. The van der Waals surface area contributed by atoms with E-state index >= 15 is 0 Å². The molecule has 0 saturated carbocycles. The molecule has 5 nitrogen and oxygen atoms in total. The molecule has 4 rings (SSSR count). The number of hydrogen-bond donors (Lipinski definition) is 2. The topological polar surface area (TPSA) is 61.4 Å². The third-order valence-electron chi connectivity index (χ3n) is 4.66. The van der Waals surface area contributed by atoms with Crippen LogP contribution in [-0.2, 0) is 0 Å². The molecule has 0 unspecified atom stereocenters. The van der Waals surface area contributed by atoms with Gasteiger partial charge in [-0.1, -0.05) is 41.9 Å². The summed E-state index contributed by atoms with van der Waals surface area (Å²) < 4.78 is 0. The van der Waals surface area contributed by atoms with Crippen molar-refractivity contribution in [3.63, 3.8) is 0 Å². The van der Waals surface area contributed by atoms with Gasteiger partial charge in [0.25, 0.3) is 11.8 Å². The number of halogens is 1. The van der Waals surface area contributed by atoms with Gasteiger partial charge >= 0.3 is 0 Å². The van der Waals surface area contributed by atoms with E-state index < -0.39 is 11.8 Å². The minimum atomic E-state index is -0.454. The van der Waals surface area contributed by atoms with Crippen molar-refractivity contribution in [3.05, 3.63) is 75.8 Å². The Balaban J connectivity index is 1.64. The Hall–Kier alpha value is -2.96. The summed E-state index contributed by atoms with van der Waals surface area (Å²) >= 11 is 11.6. The fourth-order valence-corrected chi connectivity index (χ4v) is 4.01. The first-order valence-electron chi connectivity index (χ1n) is 8.61. The number of aryl methyl sites for hydroxylation is 2. The highest BCUT2D eigenvalue weighted by atomic mass is 35.5. The zero-order valence-corrected chi connectivity index (χ0v) is 16.7. The van der Waals surface area contributed by atoms with Gasteiger partial charge in [0, 0.05) is 5.39 Å². The molecule has 0 spiro atoms. The third kappa shape index (κ3) is 3.00. The highest BCUT2D eigenvalue weighted by molar-refractivity contribution is 7.80. The van der Waals surface area contributed by atoms with Crippen LogP contribution in [0.2, 0.25) is 5.02 Å². The second kappa shape index (κ2) is 6.89. The van der Waals surface area contributed by atoms with E-state index in [0.717, 1.165) is 21.5 Å². The molecule has 0 bridgehead atoms.